The third-order valence-electron chi connectivity index (χ3n) is 3.95. The van der Waals surface area contributed by atoms with Crippen LogP contribution in [0.2, 0.25) is 0 Å². The summed E-state index contributed by atoms with van der Waals surface area (Å²) in [7, 11) is 1.67. The molecule has 0 aliphatic heterocycles. The Kier molecular flexibility index (Phi) is 6.60. The number of aromatic nitrogens is 4. The lowest BCUT2D eigenvalue weighted by atomic mass is 10.1. The van der Waals surface area contributed by atoms with Gasteiger partial charge >= 0.3 is 11.8 Å². The molecule has 0 radical (unpaired) electrons. The standard InChI is InChI=1S/C15H21N7O5/c1-10-17-7-14(22(26)27)21(10)4-3-20(2)8-13(23)19-12(15(24)25)5-11-6-16-9-18-11/h6-7,9,12H,3-5,8H2,1-2H3,(H,16,18)(H,19,23)(H,24,25). The largest absolute Gasteiger partial charge is 0.480 e. The van der Waals surface area contributed by atoms with Crippen molar-refractivity contribution in [2.45, 2.75) is 25.9 Å². The summed E-state index contributed by atoms with van der Waals surface area (Å²) in [4.78, 5) is 46.1. The first-order chi connectivity index (χ1) is 12.8. The van der Waals surface area contributed by atoms with Crippen molar-refractivity contribution >= 4 is 17.7 Å². The molecule has 0 aromatic carbocycles. The lowest BCUT2D eigenvalue weighted by Crippen LogP contribution is -2.46. The summed E-state index contributed by atoms with van der Waals surface area (Å²) in [6, 6.07) is -1.08. The summed E-state index contributed by atoms with van der Waals surface area (Å²) in [5.74, 6) is -1.22. The smallest absolute Gasteiger partial charge is 0.342 e. The van der Waals surface area contributed by atoms with Crippen LogP contribution in [-0.2, 0) is 22.6 Å². The number of aliphatic carboxylic acids is 1. The van der Waals surface area contributed by atoms with Crippen molar-refractivity contribution < 1.29 is 19.6 Å². The van der Waals surface area contributed by atoms with Crippen LogP contribution in [0.1, 0.15) is 11.5 Å². The predicted octanol–water partition coefficient (Wildman–Crippen LogP) is -0.433. The van der Waals surface area contributed by atoms with E-state index in [1.807, 2.05) is 0 Å². The highest BCUT2D eigenvalue weighted by molar-refractivity contribution is 5.84. The van der Waals surface area contributed by atoms with E-state index in [1.165, 1.54) is 23.3 Å². The molecule has 2 aromatic rings. The van der Waals surface area contributed by atoms with Crippen LogP contribution in [0.25, 0.3) is 0 Å². The number of aromatic amines is 1. The maximum Gasteiger partial charge on any atom is 0.342 e. The molecule has 12 nitrogen and oxygen atoms in total. The number of H-pyrrole nitrogens is 1. The highest BCUT2D eigenvalue weighted by Crippen LogP contribution is 2.13. The first kappa shape index (κ1) is 20.0. The lowest BCUT2D eigenvalue weighted by molar-refractivity contribution is -0.392. The van der Waals surface area contributed by atoms with Gasteiger partial charge in [0.1, 0.15) is 18.8 Å². The summed E-state index contributed by atoms with van der Waals surface area (Å²) in [6.07, 6.45) is 4.20. The van der Waals surface area contributed by atoms with Crippen molar-refractivity contribution in [2.75, 3.05) is 20.1 Å². The molecule has 2 rings (SSSR count). The van der Waals surface area contributed by atoms with Crippen LogP contribution in [0.3, 0.4) is 0 Å². The monoisotopic (exact) mass is 379 g/mol. The van der Waals surface area contributed by atoms with Crippen LogP contribution < -0.4 is 5.32 Å². The molecule has 1 atom stereocenters. The molecule has 0 saturated heterocycles. The lowest BCUT2D eigenvalue weighted by Gasteiger charge is -2.18. The molecule has 0 bridgehead atoms. The Morgan fingerprint density at radius 1 is 1.48 bits per heavy atom. The minimum atomic E-state index is -1.15. The van der Waals surface area contributed by atoms with Crippen molar-refractivity contribution in [1.29, 1.82) is 0 Å². The Balaban J connectivity index is 1.86. The van der Waals surface area contributed by atoms with Crippen molar-refractivity contribution in [3.8, 4) is 0 Å². The minimum Gasteiger partial charge on any atom is -0.480 e. The summed E-state index contributed by atoms with van der Waals surface area (Å²) in [6.45, 7) is 2.24. The van der Waals surface area contributed by atoms with Gasteiger partial charge in [-0.3, -0.25) is 9.69 Å². The van der Waals surface area contributed by atoms with Gasteiger partial charge in [0.2, 0.25) is 5.91 Å². The van der Waals surface area contributed by atoms with Crippen LogP contribution in [0.5, 0.6) is 0 Å². The molecule has 0 saturated carbocycles. The van der Waals surface area contributed by atoms with Crippen molar-refractivity contribution in [1.82, 2.24) is 29.7 Å². The Labute approximate surface area is 154 Å². The second-order valence-corrected chi connectivity index (χ2v) is 6.05. The fourth-order valence-corrected chi connectivity index (χ4v) is 2.53. The fraction of sp³-hybridized carbons (Fsp3) is 0.467. The number of nitro groups is 1. The van der Waals surface area contributed by atoms with Crippen molar-refractivity contribution in [3.05, 3.63) is 40.4 Å². The molecule has 146 valence electrons. The van der Waals surface area contributed by atoms with Gasteiger partial charge in [0.05, 0.1) is 12.9 Å². The summed E-state index contributed by atoms with van der Waals surface area (Å²) < 4.78 is 1.45. The number of carbonyl (C=O) groups is 2. The number of carboxylic acids is 1. The summed E-state index contributed by atoms with van der Waals surface area (Å²) >= 11 is 0. The molecular weight excluding hydrogens is 358 g/mol. The molecule has 1 unspecified atom stereocenters. The Hall–Kier alpha value is -3.28. The number of nitrogens with zero attached hydrogens (tertiary/aromatic N) is 5. The van der Waals surface area contributed by atoms with E-state index >= 15 is 0 Å². The van der Waals surface area contributed by atoms with E-state index in [0.717, 1.165) is 0 Å². The van der Waals surface area contributed by atoms with Gasteiger partial charge in [-0.25, -0.2) is 19.3 Å². The molecule has 0 spiro atoms. The number of aryl methyl sites for hydroxylation is 1. The Morgan fingerprint density at radius 2 is 2.22 bits per heavy atom. The van der Waals surface area contributed by atoms with E-state index in [2.05, 4.69) is 20.3 Å². The molecule has 2 aromatic heterocycles. The number of hydrogen-bond donors (Lipinski definition) is 3. The first-order valence-corrected chi connectivity index (χ1v) is 8.12. The summed E-state index contributed by atoms with van der Waals surface area (Å²) in [5.41, 5.74) is 0.596. The van der Waals surface area contributed by atoms with Gasteiger partial charge in [0.25, 0.3) is 0 Å². The van der Waals surface area contributed by atoms with Crippen LogP contribution >= 0.6 is 0 Å². The molecule has 0 aliphatic rings. The van der Waals surface area contributed by atoms with Gasteiger partial charge in [-0.05, 0) is 12.0 Å². The van der Waals surface area contributed by atoms with E-state index < -0.39 is 22.8 Å². The number of carbonyl (C=O) groups excluding carboxylic acids is 1. The van der Waals surface area contributed by atoms with Crippen LogP contribution in [0.15, 0.2) is 18.7 Å². The molecule has 0 aliphatic carbocycles. The number of carboxylic acid groups (broad SMARTS) is 1. The average Bonchev–Trinajstić information content (AvgIpc) is 3.21. The van der Waals surface area contributed by atoms with E-state index in [4.69, 9.17) is 0 Å². The maximum absolute atomic E-state index is 12.1. The predicted molar refractivity (Wildman–Crippen MR) is 93.0 cm³/mol. The number of rotatable bonds is 10. The van der Waals surface area contributed by atoms with Crippen LogP contribution in [0, 0.1) is 17.0 Å². The first-order valence-electron chi connectivity index (χ1n) is 8.12. The zero-order chi connectivity index (χ0) is 20.0. The normalized spacial score (nSPS) is 12.1. The number of amides is 1. The zero-order valence-corrected chi connectivity index (χ0v) is 15.0. The number of imidazole rings is 2. The Morgan fingerprint density at radius 3 is 2.81 bits per heavy atom. The summed E-state index contributed by atoms with van der Waals surface area (Å²) in [5, 5.41) is 22.7. The van der Waals surface area contributed by atoms with E-state index in [-0.39, 0.29) is 25.3 Å². The molecule has 12 heteroatoms. The van der Waals surface area contributed by atoms with Gasteiger partial charge in [-0.15, -0.1) is 0 Å². The SMILES string of the molecule is Cc1ncc([N+](=O)[O-])n1CCN(C)CC(=O)NC(Cc1cnc[nH]1)C(=O)O. The number of nitrogens with one attached hydrogen (secondary N) is 2. The third kappa shape index (κ3) is 5.60. The van der Waals surface area contributed by atoms with E-state index in [1.54, 1.807) is 18.9 Å². The van der Waals surface area contributed by atoms with E-state index in [0.29, 0.717) is 18.1 Å². The Bertz CT molecular complexity index is 802. The van der Waals surface area contributed by atoms with Gasteiger partial charge in [-0.1, -0.05) is 0 Å². The van der Waals surface area contributed by atoms with E-state index in [9.17, 15) is 24.8 Å². The van der Waals surface area contributed by atoms with Crippen molar-refractivity contribution in [2.24, 2.45) is 0 Å². The molecule has 2 heterocycles. The highest BCUT2D eigenvalue weighted by atomic mass is 16.6. The number of hydrogen-bond acceptors (Lipinski definition) is 7. The van der Waals surface area contributed by atoms with Gasteiger partial charge < -0.3 is 25.5 Å². The highest BCUT2D eigenvalue weighted by Gasteiger charge is 2.22. The third-order valence-corrected chi connectivity index (χ3v) is 3.95. The number of likely N-dealkylation sites (N-methyl/N-ethyl adjacent to an activating group) is 1. The molecule has 3 N–H and O–H groups in total. The van der Waals surface area contributed by atoms with Gasteiger partial charge in [0, 0.05) is 31.8 Å². The average molecular weight is 379 g/mol. The van der Waals surface area contributed by atoms with Crippen LogP contribution in [0.4, 0.5) is 5.82 Å². The quantitative estimate of drug-likeness (QED) is 0.370. The molecule has 27 heavy (non-hydrogen) atoms. The molecular formula is C15H21N7O5. The van der Waals surface area contributed by atoms with Gasteiger partial charge in [-0.2, -0.15) is 0 Å². The van der Waals surface area contributed by atoms with Crippen molar-refractivity contribution in [3.63, 3.8) is 0 Å². The second-order valence-electron chi connectivity index (χ2n) is 6.05. The topological polar surface area (TPSA) is 159 Å². The maximum atomic E-state index is 12.1. The molecule has 0 fully saturated rings. The fourth-order valence-electron chi connectivity index (χ4n) is 2.53. The minimum absolute atomic E-state index is 0.0473. The second kappa shape index (κ2) is 8.89. The molecule has 1 amide bonds. The van der Waals surface area contributed by atoms with Gasteiger partial charge in [0.15, 0.2) is 5.82 Å². The zero-order valence-electron chi connectivity index (χ0n) is 15.0. The van der Waals surface area contributed by atoms with Crippen LogP contribution in [-0.4, -0.2) is 72.5 Å².